The smallest absolute Gasteiger partial charge is 0.193 e. The first-order valence-corrected chi connectivity index (χ1v) is 8.11. The number of rotatable bonds is 3. The van der Waals surface area contributed by atoms with Crippen LogP contribution in [0, 0.1) is 19.3 Å². The molecule has 1 aromatic heterocycles. The number of aliphatic imine (C=N–C) groups is 1. The first-order valence-electron chi connectivity index (χ1n) is 7.30. The standard InChI is InChI=1S/C15H26N4S.HI/c1-11-13(20-12(2)18-11)6-8-17-14(16-5)19-9-7-15(3,4)10-19;/h6-10H2,1-5H3,(H,16,17);1H. The van der Waals surface area contributed by atoms with Gasteiger partial charge in [-0.05, 0) is 25.7 Å². The van der Waals surface area contributed by atoms with Gasteiger partial charge in [0.25, 0.3) is 0 Å². The van der Waals surface area contributed by atoms with E-state index in [2.05, 4.69) is 47.9 Å². The zero-order chi connectivity index (χ0) is 14.8. The maximum Gasteiger partial charge on any atom is 0.193 e. The fraction of sp³-hybridized carbons (Fsp3) is 0.733. The van der Waals surface area contributed by atoms with E-state index in [1.807, 2.05) is 7.05 Å². The minimum absolute atomic E-state index is 0. The molecule has 0 aliphatic carbocycles. The van der Waals surface area contributed by atoms with Gasteiger partial charge < -0.3 is 10.2 Å². The van der Waals surface area contributed by atoms with Crippen molar-refractivity contribution in [3.63, 3.8) is 0 Å². The number of thiazole rings is 1. The third kappa shape index (κ3) is 5.09. The summed E-state index contributed by atoms with van der Waals surface area (Å²) >= 11 is 1.80. The Bertz CT molecular complexity index is 496. The number of aryl methyl sites for hydroxylation is 2. The van der Waals surface area contributed by atoms with Crippen LogP contribution < -0.4 is 5.32 Å². The molecule has 1 aromatic rings. The number of hydrogen-bond acceptors (Lipinski definition) is 3. The van der Waals surface area contributed by atoms with E-state index in [0.717, 1.165) is 37.0 Å². The molecule has 0 radical (unpaired) electrons. The van der Waals surface area contributed by atoms with Crippen molar-refractivity contribution in [2.75, 3.05) is 26.7 Å². The Balaban J connectivity index is 0.00000220. The maximum atomic E-state index is 4.48. The summed E-state index contributed by atoms with van der Waals surface area (Å²) in [6, 6.07) is 0. The van der Waals surface area contributed by atoms with Crippen LogP contribution in [0.4, 0.5) is 0 Å². The van der Waals surface area contributed by atoms with E-state index in [9.17, 15) is 0 Å². The Hall–Kier alpha value is -0.370. The van der Waals surface area contributed by atoms with Crippen LogP contribution in [0.2, 0.25) is 0 Å². The lowest BCUT2D eigenvalue weighted by Gasteiger charge is -2.23. The predicted molar refractivity (Wildman–Crippen MR) is 102 cm³/mol. The Morgan fingerprint density at radius 1 is 1.43 bits per heavy atom. The molecule has 0 atom stereocenters. The minimum Gasteiger partial charge on any atom is -0.356 e. The normalized spacial score (nSPS) is 17.8. The largest absolute Gasteiger partial charge is 0.356 e. The number of nitrogens with zero attached hydrogens (tertiary/aromatic N) is 3. The highest BCUT2D eigenvalue weighted by Crippen LogP contribution is 2.28. The van der Waals surface area contributed by atoms with Crippen LogP contribution in [0.25, 0.3) is 0 Å². The van der Waals surface area contributed by atoms with E-state index in [1.165, 1.54) is 17.0 Å². The highest BCUT2D eigenvalue weighted by molar-refractivity contribution is 14.0. The zero-order valence-corrected chi connectivity index (χ0v) is 16.8. The maximum absolute atomic E-state index is 4.48. The highest BCUT2D eigenvalue weighted by atomic mass is 127. The molecule has 4 nitrogen and oxygen atoms in total. The van der Waals surface area contributed by atoms with Gasteiger partial charge in [-0.15, -0.1) is 35.3 Å². The molecule has 0 aromatic carbocycles. The molecule has 1 fully saturated rings. The Morgan fingerprint density at radius 2 is 2.14 bits per heavy atom. The van der Waals surface area contributed by atoms with Crippen LogP contribution >= 0.6 is 35.3 Å². The van der Waals surface area contributed by atoms with E-state index in [1.54, 1.807) is 11.3 Å². The first kappa shape index (κ1) is 18.7. The van der Waals surface area contributed by atoms with E-state index < -0.39 is 0 Å². The lowest BCUT2D eigenvalue weighted by Crippen LogP contribution is -2.41. The van der Waals surface area contributed by atoms with Gasteiger partial charge in [-0.25, -0.2) is 4.98 Å². The van der Waals surface area contributed by atoms with Crippen LogP contribution in [-0.2, 0) is 6.42 Å². The minimum atomic E-state index is 0. The molecule has 0 saturated carbocycles. The average molecular weight is 422 g/mol. The monoisotopic (exact) mass is 422 g/mol. The van der Waals surface area contributed by atoms with E-state index in [4.69, 9.17) is 0 Å². The van der Waals surface area contributed by atoms with Gasteiger partial charge in [0.15, 0.2) is 5.96 Å². The Morgan fingerprint density at radius 3 is 2.62 bits per heavy atom. The fourth-order valence-electron chi connectivity index (χ4n) is 2.72. The summed E-state index contributed by atoms with van der Waals surface area (Å²) in [5, 5.41) is 4.64. The number of likely N-dealkylation sites (tertiary alicyclic amines) is 1. The molecule has 0 bridgehead atoms. The highest BCUT2D eigenvalue weighted by Gasteiger charge is 2.30. The summed E-state index contributed by atoms with van der Waals surface area (Å²) < 4.78 is 0. The van der Waals surface area contributed by atoms with Crippen molar-refractivity contribution in [3.05, 3.63) is 15.6 Å². The molecule has 0 spiro atoms. The second kappa shape index (κ2) is 7.76. The molecule has 6 heteroatoms. The zero-order valence-electron chi connectivity index (χ0n) is 13.7. The van der Waals surface area contributed by atoms with Crippen LogP contribution in [0.1, 0.15) is 35.8 Å². The lowest BCUT2D eigenvalue weighted by molar-refractivity contribution is 0.370. The predicted octanol–water partition coefficient (Wildman–Crippen LogP) is 3.23. The summed E-state index contributed by atoms with van der Waals surface area (Å²) in [6.45, 7) is 11.9. The van der Waals surface area contributed by atoms with Crippen LogP contribution in [0.15, 0.2) is 4.99 Å². The van der Waals surface area contributed by atoms with Gasteiger partial charge in [-0.1, -0.05) is 13.8 Å². The molecule has 2 heterocycles. The Labute approximate surface area is 149 Å². The quantitative estimate of drug-likeness (QED) is 0.462. The molecular weight excluding hydrogens is 395 g/mol. The number of halogens is 1. The van der Waals surface area contributed by atoms with Gasteiger partial charge in [0.05, 0.1) is 10.7 Å². The van der Waals surface area contributed by atoms with Crippen molar-refractivity contribution in [3.8, 4) is 0 Å². The van der Waals surface area contributed by atoms with Crippen molar-refractivity contribution in [1.82, 2.24) is 15.2 Å². The number of nitrogens with one attached hydrogen (secondary N) is 1. The van der Waals surface area contributed by atoms with Crippen LogP contribution in [0.3, 0.4) is 0 Å². The van der Waals surface area contributed by atoms with Crippen molar-refractivity contribution >= 4 is 41.3 Å². The molecule has 21 heavy (non-hydrogen) atoms. The molecule has 1 N–H and O–H groups in total. The van der Waals surface area contributed by atoms with Crippen molar-refractivity contribution in [2.45, 2.75) is 40.5 Å². The van der Waals surface area contributed by atoms with Gasteiger partial charge >= 0.3 is 0 Å². The third-order valence-corrected chi connectivity index (χ3v) is 4.96. The van der Waals surface area contributed by atoms with E-state index >= 15 is 0 Å². The van der Waals surface area contributed by atoms with E-state index in [-0.39, 0.29) is 24.0 Å². The molecule has 1 saturated heterocycles. The molecule has 0 unspecified atom stereocenters. The molecule has 2 rings (SSSR count). The number of aromatic nitrogens is 1. The van der Waals surface area contributed by atoms with Crippen molar-refractivity contribution < 1.29 is 0 Å². The van der Waals surface area contributed by atoms with Gasteiger partial charge in [-0.2, -0.15) is 0 Å². The Kier molecular flexibility index (Phi) is 6.90. The lowest BCUT2D eigenvalue weighted by atomic mass is 9.93. The first-order chi connectivity index (χ1) is 9.41. The second-order valence-corrected chi connectivity index (χ2v) is 7.59. The van der Waals surface area contributed by atoms with Crippen LogP contribution in [-0.4, -0.2) is 42.5 Å². The number of guanidine groups is 1. The summed E-state index contributed by atoms with van der Waals surface area (Å²) in [5.74, 6) is 1.04. The fourth-order valence-corrected chi connectivity index (χ4v) is 3.66. The van der Waals surface area contributed by atoms with Gasteiger partial charge in [0.2, 0.25) is 0 Å². The van der Waals surface area contributed by atoms with Gasteiger partial charge in [0, 0.05) is 38.0 Å². The van der Waals surface area contributed by atoms with Crippen molar-refractivity contribution in [1.29, 1.82) is 0 Å². The SMILES string of the molecule is CN=C(NCCc1sc(C)nc1C)N1CCC(C)(C)C1.I. The third-order valence-electron chi connectivity index (χ3n) is 3.82. The van der Waals surface area contributed by atoms with Crippen molar-refractivity contribution in [2.24, 2.45) is 10.4 Å². The molecule has 1 aliphatic heterocycles. The molecule has 0 amide bonds. The van der Waals surface area contributed by atoms with Gasteiger partial charge in [0.1, 0.15) is 0 Å². The number of hydrogen-bond donors (Lipinski definition) is 1. The summed E-state index contributed by atoms with van der Waals surface area (Å²) in [4.78, 5) is 12.6. The summed E-state index contributed by atoms with van der Waals surface area (Å²) in [7, 11) is 1.87. The average Bonchev–Trinajstić information content (AvgIpc) is 2.87. The molecular formula is C15H27IN4S. The van der Waals surface area contributed by atoms with E-state index in [0.29, 0.717) is 5.41 Å². The summed E-state index contributed by atoms with van der Waals surface area (Å²) in [5.41, 5.74) is 1.58. The molecule has 120 valence electrons. The van der Waals surface area contributed by atoms with Crippen LogP contribution in [0.5, 0.6) is 0 Å². The molecule has 1 aliphatic rings. The summed E-state index contributed by atoms with van der Waals surface area (Å²) in [6.07, 6.45) is 2.26. The topological polar surface area (TPSA) is 40.5 Å². The van der Waals surface area contributed by atoms with Gasteiger partial charge in [-0.3, -0.25) is 4.99 Å². The second-order valence-electron chi connectivity index (χ2n) is 6.30.